The van der Waals surface area contributed by atoms with Gasteiger partial charge in [0.15, 0.2) is 6.10 Å². The second-order valence-corrected chi connectivity index (χ2v) is 3.71. The lowest BCUT2D eigenvalue weighted by atomic mass is 10.2. The van der Waals surface area contributed by atoms with E-state index in [1.165, 1.54) is 7.11 Å². The van der Waals surface area contributed by atoms with Crippen LogP contribution in [0, 0.1) is 6.92 Å². The summed E-state index contributed by atoms with van der Waals surface area (Å²) in [6, 6.07) is 3.66. The Bertz CT molecular complexity index is 393. The summed E-state index contributed by atoms with van der Waals surface area (Å²) in [7, 11) is 3.17. The van der Waals surface area contributed by atoms with Crippen LogP contribution in [0.1, 0.15) is 18.3 Å². The number of hydrogen-bond donors (Lipinski definition) is 1. The average molecular weight is 238 g/mol. The molecule has 0 saturated heterocycles. The summed E-state index contributed by atoms with van der Waals surface area (Å²) < 4.78 is 10.1. The van der Waals surface area contributed by atoms with Gasteiger partial charge in [0.05, 0.1) is 12.8 Å². The third-order valence-electron chi connectivity index (χ3n) is 2.25. The molecule has 0 bridgehead atoms. The smallest absolute Gasteiger partial charge is 0.346 e. The first kappa shape index (κ1) is 13.4. The van der Waals surface area contributed by atoms with Gasteiger partial charge in [0.1, 0.15) is 5.75 Å². The van der Waals surface area contributed by atoms with Gasteiger partial charge in [0.25, 0.3) is 0 Å². The molecule has 1 aromatic rings. The molecule has 0 radical (unpaired) electrons. The molecule has 17 heavy (non-hydrogen) atoms. The van der Waals surface area contributed by atoms with Crippen molar-refractivity contribution in [3.05, 3.63) is 23.5 Å². The monoisotopic (exact) mass is 238 g/mol. The summed E-state index contributed by atoms with van der Waals surface area (Å²) in [5.74, 6) is 0.198. The first-order valence-corrected chi connectivity index (χ1v) is 5.44. The number of esters is 1. The van der Waals surface area contributed by atoms with Gasteiger partial charge in [-0.3, -0.25) is 4.98 Å². The quantitative estimate of drug-likeness (QED) is 0.777. The molecule has 0 fully saturated rings. The number of nitrogens with zero attached hydrogens (tertiary/aromatic N) is 1. The zero-order valence-corrected chi connectivity index (χ0v) is 10.6. The van der Waals surface area contributed by atoms with E-state index in [4.69, 9.17) is 4.74 Å². The van der Waals surface area contributed by atoms with Crippen LogP contribution in [0.15, 0.2) is 12.1 Å². The zero-order chi connectivity index (χ0) is 12.8. The Morgan fingerprint density at radius 1 is 1.53 bits per heavy atom. The van der Waals surface area contributed by atoms with E-state index in [9.17, 15) is 4.79 Å². The zero-order valence-electron chi connectivity index (χ0n) is 10.6. The maximum absolute atomic E-state index is 11.3. The predicted molar refractivity (Wildman–Crippen MR) is 63.8 cm³/mol. The van der Waals surface area contributed by atoms with Crippen molar-refractivity contribution < 1.29 is 14.3 Å². The number of methoxy groups -OCH3 is 1. The Morgan fingerprint density at radius 3 is 2.82 bits per heavy atom. The van der Waals surface area contributed by atoms with Crippen molar-refractivity contribution >= 4 is 5.97 Å². The second-order valence-electron chi connectivity index (χ2n) is 3.71. The van der Waals surface area contributed by atoms with E-state index in [1.54, 1.807) is 6.92 Å². The molecule has 1 rings (SSSR count). The number of ether oxygens (including phenoxy) is 2. The Hall–Kier alpha value is -1.62. The molecule has 0 aliphatic rings. The minimum Gasteiger partial charge on any atom is -0.477 e. The van der Waals surface area contributed by atoms with Crippen LogP contribution in [-0.4, -0.2) is 31.2 Å². The molecule has 0 spiro atoms. The maximum atomic E-state index is 11.3. The maximum Gasteiger partial charge on any atom is 0.346 e. The third kappa shape index (κ3) is 3.71. The Kier molecular flexibility index (Phi) is 4.90. The van der Waals surface area contributed by atoms with Gasteiger partial charge in [-0.05, 0) is 33.0 Å². The standard InChI is InChI=1S/C12H18N2O3/c1-8-5-6-11(10(14-8)7-13-3)17-9(2)12(15)16-4/h5-6,9,13H,7H2,1-4H3. The predicted octanol–water partition coefficient (Wildman–Crippen LogP) is 1.05. The van der Waals surface area contributed by atoms with E-state index in [1.807, 2.05) is 26.1 Å². The van der Waals surface area contributed by atoms with Gasteiger partial charge in [-0.2, -0.15) is 0 Å². The van der Waals surface area contributed by atoms with E-state index in [-0.39, 0.29) is 0 Å². The number of aryl methyl sites for hydroxylation is 1. The molecule has 5 nitrogen and oxygen atoms in total. The van der Waals surface area contributed by atoms with Crippen LogP contribution in [0.2, 0.25) is 0 Å². The molecule has 5 heteroatoms. The highest BCUT2D eigenvalue weighted by molar-refractivity contribution is 5.74. The molecule has 0 aliphatic heterocycles. The van der Waals surface area contributed by atoms with Crippen LogP contribution in [0.25, 0.3) is 0 Å². The normalized spacial score (nSPS) is 12.0. The summed E-state index contributed by atoms with van der Waals surface area (Å²) >= 11 is 0. The Morgan fingerprint density at radius 2 is 2.24 bits per heavy atom. The van der Waals surface area contributed by atoms with Crippen molar-refractivity contribution in [3.63, 3.8) is 0 Å². The number of nitrogens with one attached hydrogen (secondary N) is 1. The molecule has 1 N–H and O–H groups in total. The van der Waals surface area contributed by atoms with Crippen molar-refractivity contribution in [1.82, 2.24) is 10.3 Å². The first-order chi connectivity index (χ1) is 8.08. The van der Waals surface area contributed by atoms with Gasteiger partial charge < -0.3 is 14.8 Å². The van der Waals surface area contributed by atoms with E-state index in [0.717, 1.165) is 11.4 Å². The minimum absolute atomic E-state index is 0.402. The molecule has 0 aromatic carbocycles. The number of rotatable bonds is 5. The van der Waals surface area contributed by atoms with Gasteiger partial charge in [0, 0.05) is 12.2 Å². The molecule has 0 aliphatic carbocycles. The van der Waals surface area contributed by atoms with Gasteiger partial charge in [-0.1, -0.05) is 0 Å². The van der Waals surface area contributed by atoms with Crippen molar-refractivity contribution in [1.29, 1.82) is 0 Å². The summed E-state index contributed by atoms with van der Waals surface area (Å²) in [5, 5.41) is 3.01. The molecule has 0 amide bonds. The highest BCUT2D eigenvalue weighted by atomic mass is 16.6. The van der Waals surface area contributed by atoms with E-state index in [2.05, 4.69) is 15.0 Å². The number of hydrogen-bond acceptors (Lipinski definition) is 5. The molecule has 1 atom stereocenters. The highest BCUT2D eigenvalue weighted by Crippen LogP contribution is 2.18. The summed E-state index contributed by atoms with van der Waals surface area (Å²) in [6.45, 7) is 4.15. The van der Waals surface area contributed by atoms with E-state index in [0.29, 0.717) is 12.3 Å². The fourth-order valence-corrected chi connectivity index (χ4v) is 1.40. The molecular weight excluding hydrogens is 220 g/mol. The van der Waals surface area contributed by atoms with Crippen molar-refractivity contribution in [2.45, 2.75) is 26.5 Å². The minimum atomic E-state index is -0.639. The summed E-state index contributed by atoms with van der Waals surface area (Å²) in [5.41, 5.74) is 1.69. The van der Waals surface area contributed by atoms with Crippen LogP contribution in [0.4, 0.5) is 0 Å². The summed E-state index contributed by atoms with van der Waals surface area (Å²) in [6.07, 6.45) is -0.639. The van der Waals surface area contributed by atoms with Gasteiger partial charge in [0.2, 0.25) is 0 Å². The highest BCUT2D eigenvalue weighted by Gasteiger charge is 2.16. The Balaban J connectivity index is 2.85. The first-order valence-electron chi connectivity index (χ1n) is 5.44. The number of pyridine rings is 1. The number of aromatic nitrogens is 1. The lowest BCUT2D eigenvalue weighted by Crippen LogP contribution is -2.26. The molecule has 94 valence electrons. The second kappa shape index (κ2) is 6.20. The number of carbonyl (C=O) groups is 1. The molecule has 0 saturated carbocycles. The molecule has 1 heterocycles. The van der Waals surface area contributed by atoms with Crippen molar-refractivity contribution in [2.75, 3.05) is 14.2 Å². The third-order valence-corrected chi connectivity index (χ3v) is 2.25. The average Bonchev–Trinajstić information content (AvgIpc) is 2.31. The van der Waals surface area contributed by atoms with Crippen LogP contribution in [0.5, 0.6) is 5.75 Å². The largest absolute Gasteiger partial charge is 0.477 e. The summed E-state index contributed by atoms with van der Waals surface area (Å²) in [4.78, 5) is 15.6. The van der Waals surface area contributed by atoms with Crippen LogP contribution in [0.3, 0.4) is 0 Å². The fraction of sp³-hybridized carbons (Fsp3) is 0.500. The van der Waals surface area contributed by atoms with Crippen LogP contribution in [-0.2, 0) is 16.1 Å². The van der Waals surface area contributed by atoms with Crippen molar-refractivity contribution in [2.24, 2.45) is 0 Å². The van der Waals surface area contributed by atoms with Crippen molar-refractivity contribution in [3.8, 4) is 5.75 Å². The van der Waals surface area contributed by atoms with E-state index >= 15 is 0 Å². The lowest BCUT2D eigenvalue weighted by molar-refractivity contribution is -0.147. The molecule has 1 aromatic heterocycles. The lowest BCUT2D eigenvalue weighted by Gasteiger charge is -2.15. The van der Waals surface area contributed by atoms with Crippen LogP contribution < -0.4 is 10.1 Å². The fourth-order valence-electron chi connectivity index (χ4n) is 1.40. The van der Waals surface area contributed by atoms with Gasteiger partial charge in [-0.15, -0.1) is 0 Å². The van der Waals surface area contributed by atoms with Gasteiger partial charge in [-0.25, -0.2) is 4.79 Å². The van der Waals surface area contributed by atoms with E-state index < -0.39 is 12.1 Å². The van der Waals surface area contributed by atoms with Gasteiger partial charge >= 0.3 is 5.97 Å². The topological polar surface area (TPSA) is 60.5 Å². The number of carbonyl (C=O) groups excluding carboxylic acids is 1. The molecular formula is C12H18N2O3. The van der Waals surface area contributed by atoms with Crippen LogP contribution >= 0.6 is 0 Å². The molecule has 1 unspecified atom stereocenters. The SMILES string of the molecule is CNCc1nc(C)ccc1OC(C)C(=O)OC. The Labute approximate surface area is 101 Å².